The minimum absolute atomic E-state index is 0.534. The van der Waals surface area contributed by atoms with Crippen LogP contribution in [0.25, 0.3) is 296 Å². The number of para-hydroxylation sites is 6. The van der Waals surface area contributed by atoms with Crippen LogP contribution in [0, 0.1) is 0 Å². The van der Waals surface area contributed by atoms with Crippen molar-refractivity contribution in [3.63, 3.8) is 0 Å². The second-order valence-corrected chi connectivity index (χ2v) is 37.5. The average Bonchev–Trinajstić information content (AvgIpc) is 1.59. The first-order chi connectivity index (χ1) is 69.8. The van der Waals surface area contributed by atoms with E-state index >= 15 is 0 Å². The summed E-state index contributed by atoms with van der Waals surface area (Å²) in [6.45, 7) is 0. The van der Waals surface area contributed by atoms with Crippen molar-refractivity contribution in [1.29, 1.82) is 0 Å². The number of rotatable bonds is 12. The highest BCUT2D eigenvalue weighted by Gasteiger charge is 2.29. The second kappa shape index (κ2) is 33.2. The smallest absolute Gasteiger partial charge is 0.228 e. The minimum Gasteiger partial charge on any atom is -0.456 e. The number of benzene rings is 18. The molecule has 0 fully saturated rings. The van der Waals surface area contributed by atoms with Gasteiger partial charge in [-0.15, -0.1) is 34.0 Å². The highest BCUT2D eigenvalue weighted by molar-refractivity contribution is 7.26. The van der Waals surface area contributed by atoms with Crippen molar-refractivity contribution in [3.05, 3.63) is 400 Å². The van der Waals surface area contributed by atoms with E-state index < -0.39 is 0 Å². The number of furan rings is 3. The van der Waals surface area contributed by atoms with Crippen LogP contribution in [0.1, 0.15) is 0 Å². The molecule has 0 saturated carbocycles. The van der Waals surface area contributed by atoms with Crippen molar-refractivity contribution in [2.24, 2.45) is 0 Å². The van der Waals surface area contributed by atoms with Crippen LogP contribution in [0.4, 0.5) is 0 Å². The predicted octanol–water partition coefficient (Wildman–Crippen LogP) is 32.8. The van der Waals surface area contributed by atoms with Crippen molar-refractivity contribution in [1.82, 2.24) is 59.8 Å². The molecule has 0 saturated heterocycles. The molecular formula is C120H66N12O6S3. The molecule has 18 nitrogen and oxygen atoms in total. The van der Waals surface area contributed by atoms with Crippen molar-refractivity contribution >= 4 is 194 Å². The Bertz CT molecular complexity index is 10200. The molecule has 0 bridgehead atoms. The first-order valence-corrected chi connectivity index (χ1v) is 48.4. The number of hydrogen-bond donors (Lipinski definition) is 0. The topological polar surface area (TPSA) is 234 Å². The fourth-order valence-electron chi connectivity index (χ4n) is 19.4. The standard InChI is InChI=1S/3C40H22N4O2S/c1-2-11-23(12-3-1)37-42-38(25-15-10-22-33-34(25)24-13-4-7-21-32(24)47-33)44-39(43-37)26-14-8-19-30-35(26)36-27(16-9-20-31(36)45-30)40-41-28-17-5-6-18-29(28)46-40;1-2-10-23(11-3-1)37-42-38(24-20-21-26-25-12-4-7-19-33(25)47-34(26)22-24)44-39(43-37)27-13-8-17-31-35(27)36-28(14-9-18-32(36)45-31)40-41-29-15-5-6-16-30(29)46-40;1-2-10-23(11-3-1)37-42-38(24-20-21-34-28(22-24)25-12-4-7-19-33(25)47-34)44-39(43-37)26-13-8-17-31-35(26)36-27(14-9-18-32(36)45-31)40-41-29-15-5-6-16-30(29)46-40/h3*1-22H. The molecule has 141 heavy (non-hydrogen) atoms. The van der Waals surface area contributed by atoms with Gasteiger partial charge in [0.25, 0.3) is 0 Å². The Morgan fingerprint density at radius 2 is 0.404 bits per heavy atom. The van der Waals surface area contributed by atoms with Gasteiger partial charge in [0.05, 0.1) is 0 Å². The summed E-state index contributed by atoms with van der Waals surface area (Å²) in [5, 5.41) is 12.7. The normalized spacial score (nSPS) is 11.8. The molecule has 30 rings (SSSR count). The van der Waals surface area contributed by atoms with E-state index in [4.69, 9.17) is 86.3 Å². The zero-order valence-corrected chi connectivity index (χ0v) is 76.6. The Balaban J connectivity index is 0.000000104. The first-order valence-electron chi connectivity index (χ1n) is 45.9. The fraction of sp³-hybridized carbons (Fsp3) is 0. The molecule has 0 N–H and O–H groups in total. The number of thiophene rings is 3. The summed E-state index contributed by atoms with van der Waals surface area (Å²) in [6.07, 6.45) is 0. The molecule has 0 amide bonds. The van der Waals surface area contributed by atoms with Gasteiger partial charge in [0.2, 0.25) is 17.7 Å². The third-order valence-corrected chi connectivity index (χ3v) is 29.2. The molecule has 12 heterocycles. The molecule has 12 aromatic heterocycles. The van der Waals surface area contributed by atoms with Crippen molar-refractivity contribution in [3.8, 4) is 137 Å². The summed E-state index contributed by atoms with van der Waals surface area (Å²) in [7, 11) is 0. The van der Waals surface area contributed by atoms with Crippen molar-refractivity contribution < 1.29 is 26.5 Å². The third-order valence-electron chi connectivity index (χ3n) is 25.8. The zero-order valence-electron chi connectivity index (χ0n) is 74.1. The quantitative estimate of drug-likeness (QED) is 0.111. The Morgan fingerprint density at radius 3 is 0.816 bits per heavy atom. The van der Waals surface area contributed by atoms with Crippen LogP contribution >= 0.6 is 34.0 Å². The summed E-state index contributed by atoms with van der Waals surface area (Å²) in [5.74, 6) is 6.92. The summed E-state index contributed by atoms with van der Waals surface area (Å²) in [5.41, 5.74) is 19.6. The van der Waals surface area contributed by atoms with Gasteiger partial charge in [-0.2, -0.15) is 0 Å². The molecule has 0 spiro atoms. The summed E-state index contributed by atoms with van der Waals surface area (Å²) >= 11 is 5.35. The van der Waals surface area contributed by atoms with Crippen molar-refractivity contribution in [2.75, 3.05) is 0 Å². The largest absolute Gasteiger partial charge is 0.456 e. The maximum atomic E-state index is 6.44. The zero-order chi connectivity index (χ0) is 92.7. The lowest BCUT2D eigenvalue weighted by Gasteiger charge is -2.10. The monoisotopic (exact) mass is 1870 g/mol. The van der Waals surface area contributed by atoms with E-state index in [1.54, 1.807) is 34.0 Å². The molecule has 0 radical (unpaired) electrons. The first kappa shape index (κ1) is 80.9. The van der Waals surface area contributed by atoms with Crippen LogP contribution in [0.5, 0.6) is 0 Å². The lowest BCUT2D eigenvalue weighted by atomic mass is 10.0. The molecule has 0 unspecified atom stereocenters. The van der Waals surface area contributed by atoms with Crippen LogP contribution < -0.4 is 0 Å². The number of oxazole rings is 3. The molecule has 0 aliphatic rings. The Hall–Kier alpha value is -18.5. The van der Waals surface area contributed by atoms with E-state index in [1.165, 1.54) is 55.1 Å². The van der Waals surface area contributed by atoms with Crippen LogP contribution in [-0.2, 0) is 0 Å². The summed E-state index contributed by atoms with van der Waals surface area (Å²) < 4.78 is 45.4. The van der Waals surface area contributed by atoms with E-state index in [-0.39, 0.29) is 0 Å². The van der Waals surface area contributed by atoms with Gasteiger partial charge in [-0.05, 0) is 140 Å². The van der Waals surface area contributed by atoms with Gasteiger partial charge < -0.3 is 26.5 Å². The molecule has 18 aromatic carbocycles. The fourth-order valence-corrected chi connectivity index (χ4v) is 22.7. The number of hydrogen-bond acceptors (Lipinski definition) is 21. The van der Waals surface area contributed by atoms with Gasteiger partial charge >= 0.3 is 0 Å². The highest BCUT2D eigenvalue weighted by atomic mass is 32.1. The van der Waals surface area contributed by atoms with E-state index in [1.807, 2.05) is 267 Å². The predicted molar refractivity (Wildman–Crippen MR) is 568 cm³/mol. The number of fused-ring (bicyclic) bond motifs is 21. The lowest BCUT2D eigenvalue weighted by molar-refractivity contribution is 0.620. The molecular weight excluding hydrogens is 1800 g/mol. The van der Waals surface area contributed by atoms with Gasteiger partial charge in [0, 0.05) is 160 Å². The Morgan fingerprint density at radius 1 is 0.142 bits per heavy atom. The van der Waals surface area contributed by atoms with E-state index in [9.17, 15) is 0 Å². The second-order valence-electron chi connectivity index (χ2n) is 34.3. The molecule has 0 aliphatic heterocycles. The van der Waals surface area contributed by atoms with E-state index in [0.717, 1.165) is 171 Å². The summed E-state index contributed by atoms with van der Waals surface area (Å²) in [6, 6.07) is 134. The van der Waals surface area contributed by atoms with E-state index in [0.29, 0.717) is 70.1 Å². The van der Waals surface area contributed by atoms with Gasteiger partial charge in [0.15, 0.2) is 69.2 Å². The molecule has 21 heteroatoms. The SMILES string of the molecule is c1ccc(-c2nc(-c3ccc4c(c3)sc3ccccc34)nc(-c3cccc4oc5cccc(-c6nc7ccccc7o6)c5c34)n2)cc1.c1ccc(-c2nc(-c3ccc4sc5ccccc5c4c3)nc(-c3cccc4oc5cccc(-c6nc7ccccc7o6)c5c34)n2)cc1.c1ccc(-c2nc(-c3cccc4sc5ccccc5c34)nc(-c3cccc4oc5cccc(-c6nc7ccccc7o6)c5c34)n2)cc1. The van der Waals surface area contributed by atoms with Crippen molar-refractivity contribution in [2.45, 2.75) is 0 Å². The molecule has 0 atom stereocenters. The Kier molecular flexibility index (Phi) is 19.0. The highest BCUT2D eigenvalue weighted by Crippen LogP contribution is 2.49. The number of aromatic nitrogens is 12. The van der Waals surface area contributed by atoms with Gasteiger partial charge in [0.1, 0.15) is 50.0 Å². The van der Waals surface area contributed by atoms with Gasteiger partial charge in [-0.25, -0.2) is 59.8 Å². The molecule has 0 aliphatic carbocycles. The van der Waals surface area contributed by atoms with Crippen LogP contribution in [0.3, 0.4) is 0 Å². The van der Waals surface area contributed by atoms with Gasteiger partial charge in [-0.3, -0.25) is 0 Å². The maximum absolute atomic E-state index is 6.44. The van der Waals surface area contributed by atoms with E-state index in [2.05, 4.69) is 133 Å². The van der Waals surface area contributed by atoms with Crippen LogP contribution in [0.2, 0.25) is 0 Å². The minimum atomic E-state index is 0.534. The molecule has 660 valence electrons. The Labute approximate surface area is 811 Å². The summed E-state index contributed by atoms with van der Waals surface area (Å²) in [4.78, 5) is 60.3. The van der Waals surface area contributed by atoms with Gasteiger partial charge in [-0.1, -0.05) is 261 Å². The van der Waals surface area contributed by atoms with Crippen LogP contribution in [0.15, 0.2) is 427 Å². The average molecular weight is 1870 g/mol. The van der Waals surface area contributed by atoms with Crippen LogP contribution in [-0.4, -0.2) is 59.8 Å². The number of nitrogens with zero attached hydrogens (tertiary/aromatic N) is 12. The lowest BCUT2D eigenvalue weighted by Crippen LogP contribution is -2.00. The maximum Gasteiger partial charge on any atom is 0.228 e. The third kappa shape index (κ3) is 14.0. The molecule has 30 aromatic rings.